The molecule has 2 heterocycles. The summed E-state index contributed by atoms with van der Waals surface area (Å²) in [6.07, 6.45) is 8.08. The summed E-state index contributed by atoms with van der Waals surface area (Å²) in [5, 5.41) is 8.65. The molecule has 1 unspecified atom stereocenters. The minimum atomic E-state index is 0.0837. The van der Waals surface area contributed by atoms with E-state index in [1.54, 1.807) is 13.4 Å². The zero-order valence-corrected chi connectivity index (χ0v) is 18.6. The molecule has 2 aliphatic rings. The number of amides is 1. The first-order chi connectivity index (χ1) is 14.7. The van der Waals surface area contributed by atoms with Crippen LogP contribution in [-0.2, 0) is 23.1 Å². The zero-order chi connectivity index (χ0) is 20.9. The molecular weight excluding hydrogens is 400 g/mol. The highest BCUT2D eigenvalue weighted by Gasteiger charge is 2.27. The number of aromatic nitrogens is 3. The van der Waals surface area contributed by atoms with Gasteiger partial charge in [-0.05, 0) is 36.5 Å². The Bertz CT molecular complexity index is 866. The van der Waals surface area contributed by atoms with Crippen LogP contribution in [0.5, 0.6) is 5.75 Å². The average Bonchev–Trinajstić information content (AvgIpc) is 3.05. The number of methoxy groups -OCH3 is 1. The van der Waals surface area contributed by atoms with E-state index in [4.69, 9.17) is 9.47 Å². The van der Waals surface area contributed by atoms with Crippen molar-refractivity contribution >= 4 is 17.7 Å². The van der Waals surface area contributed by atoms with Crippen molar-refractivity contribution in [1.29, 1.82) is 0 Å². The molecule has 2 aromatic rings. The molecule has 1 atom stereocenters. The maximum atomic E-state index is 12.9. The summed E-state index contributed by atoms with van der Waals surface area (Å²) in [5.74, 6) is 1.85. The first kappa shape index (κ1) is 21.2. The van der Waals surface area contributed by atoms with Crippen molar-refractivity contribution < 1.29 is 14.3 Å². The number of fused-ring (bicyclic) bond motifs is 1. The summed E-state index contributed by atoms with van der Waals surface area (Å²) in [7, 11) is 3.68. The van der Waals surface area contributed by atoms with Crippen LogP contribution in [0.2, 0.25) is 0 Å². The van der Waals surface area contributed by atoms with E-state index >= 15 is 0 Å². The van der Waals surface area contributed by atoms with E-state index in [0.29, 0.717) is 31.4 Å². The van der Waals surface area contributed by atoms with Gasteiger partial charge in [0.15, 0.2) is 5.16 Å². The molecule has 1 aliphatic heterocycles. The number of nitrogens with zero attached hydrogens (tertiary/aromatic N) is 4. The van der Waals surface area contributed by atoms with Gasteiger partial charge < -0.3 is 18.9 Å². The van der Waals surface area contributed by atoms with Gasteiger partial charge in [-0.1, -0.05) is 37.1 Å². The molecule has 0 N–H and O–H groups in total. The highest BCUT2D eigenvalue weighted by molar-refractivity contribution is 7.99. The molecule has 162 valence electrons. The molecule has 1 saturated carbocycles. The molecular formula is C22H30N4O3S. The molecule has 7 nitrogen and oxygen atoms in total. The van der Waals surface area contributed by atoms with Crippen LogP contribution >= 0.6 is 11.8 Å². The van der Waals surface area contributed by atoms with Gasteiger partial charge in [-0.15, -0.1) is 10.2 Å². The van der Waals surface area contributed by atoms with Gasteiger partial charge in [0.1, 0.15) is 18.7 Å². The lowest BCUT2D eigenvalue weighted by atomic mass is 9.82. The Morgan fingerprint density at radius 3 is 2.90 bits per heavy atom. The molecule has 1 aromatic carbocycles. The van der Waals surface area contributed by atoms with Crippen LogP contribution in [0, 0.1) is 5.92 Å². The number of rotatable bonds is 6. The minimum absolute atomic E-state index is 0.0837. The van der Waals surface area contributed by atoms with Crippen LogP contribution in [0.25, 0.3) is 0 Å². The van der Waals surface area contributed by atoms with Crippen LogP contribution in [0.1, 0.15) is 49.3 Å². The van der Waals surface area contributed by atoms with Crippen molar-refractivity contribution in [2.75, 3.05) is 26.0 Å². The maximum absolute atomic E-state index is 12.9. The van der Waals surface area contributed by atoms with Gasteiger partial charge in [0, 0.05) is 26.3 Å². The summed E-state index contributed by atoms with van der Waals surface area (Å²) >= 11 is 1.41. The molecule has 0 radical (unpaired) electrons. The van der Waals surface area contributed by atoms with Crippen LogP contribution in [0.4, 0.5) is 0 Å². The normalized spacial score (nSPS) is 18.4. The van der Waals surface area contributed by atoms with E-state index < -0.39 is 0 Å². The zero-order valence-electron chi connectivity index (χ0n) is 17.7. The smallest absolute Gasteiger partial charge is 0.233 e. The largest absolute Gasteiger partial charge is 0.491 e. The number of aryl methyl sites for hydroxylation is 1. The van der Waals surface area contributed by atoms with E-state index in [2.05, 4.69) is 22.3 Å². The Labute approximate surface area is 182 Å². The quantitative estimate of drug-likeness (QED) is 0.653. The molecule has 1 amide bonds. The minimum Gasteiger partial charge on any atom is -0.491 e. The Morgan fingerprint density at radius 2 is 2.17 bits per heavy atom. The summed E-state index contributed by atoms with van der Waals surface area (Å²) in [6, 6.07) is 6.35. The number of carbonyl (C=O) groups excluding carboxylic acids is 1. The molecule has 4 rings (SSSR count). The van der Waals surface area contributed by atoms with Gasteiger partial charge in [-0.2, -0.15) is 0 Å². The topological polar surface area (TPSA) is 69.5 Å². The molecule has 1 fully saturated rings. The van der Waals surface area contributed by atoms with Gasteiger partial charge in [0.2, 0.25) is 5.91 Å². The average molecular weight is 431 g/mol. The SMILES string of the molecule is COC(c1ccc2c(c1)CN(C(=O)CSc1nncn1C)CCO2)C1CCCCC1. The van der Waals surface area contributed by atoms with Gasteiger partial charge in [-0.3, -0.25) is 4.79 Å². The first-order valence-electron chi connectivity index (χ1n) is 10.7. The lowest BCUT2D eigenvalue weighted by molar-refractivity contribution is -0.129. The van der Waals surface area contributed by atoms with Crippen molar-refractivity contribution in [2.45, 2.75) is 49.9 Å². The third-order valence-corrected chi connectivity index (χ3v) is 7.09. The van der Waals surface area contributed by atoms with Crippen LogP contribution in [0.3, 0.4) is 0 Å². The third-order valence-electron chi connectivity index (χ3n) is 6.07. The van der Waals surface area contributed by atoms with Gasteiger partial charge in [0.05, 0.1) is 18.4 Å². The fraction of sp³-hybridized carbons (Fsp3) is 0.591. The van der Waals surface area contributed by atoms with Gasteiger partial charge in [0.25, 0.3) is 0 Å². The predicted octanol–water partition coefficient (Wildman–Crippen LogP) is 3.60. The lowest BCUT2D eigenvalue weighted by Crippen LogP contribution is -2.33. The summed E-state index contributed by atoms with van der Waals surface area (Å²) < 4.78 is 13.7. The first-order valence-corrected chi connectivity index (χ1v) is 11.7. The summed E-state index contributed by atoms with van der Waals surface area (Å²) in [6.45, 7) is 1.64. The fourth-order valence-corrected chi connectivity index (χ4v) is 5.25. The standard InChI is InChI=1S/C22H30N4O3S/c1-25-15-23-24-22(25)30-14-20(27)26-10-11-29-19-9-8-17(12-18(19)13-26)21(28-2)16-6-4-3-5-7-16/h8-9,12,15-16,21H,3-7,10-11,13-14H2,1-2H3. The molecule has 30 heavy (non-hydrogen) atoms. The van der Waals surface area contributed by atoms with Gasteiger partial charge in [-0.25, -0.2) is 0 Å². The van der Waals surface area contributed by atoms with Gasteiger partial charge >= 0.3 is 0 Å². The van der Waals surface area contributed by atoms with E-state index in [1.165, 1.54) is 49.4 Å². The highest BCUT2D eigenvalue weighted by Crippen LogP contribution is 2.38. The monoisotopic (exact) mass is 430 g/mol. The Hall–Kier alpha value is -2.06. The highest BCUT2D eigenvalue weighted by atomic mass is 32.2. The van der Waals surface area contributed by atoms with Crippen molar-refractivity contribution in [3.05, 3.63) is 35.7 Å². The van der Waals surface area contributed by atoms with E-state index in [9.17, 15) is 4.79 Å². The maximum Gasteiger partial charge on any atom is 0.233 e. The molecule has 0 saturated heterocycles. The van der Waals surface area contributed by atoms with E-state index in [-0.39, 0.29) is 12.0 Å². The third kappa shape index (κ3) is 4.81. The van der Waals surface area contributed by atoms with Crippen molar-refractivity contribution in [2.24, 2.45) is 13.0 Å². The molecule has 0 spiro atoms. The molecule has 1 aromatic heterocycles. The number of ether oxygens (including phenoxy) is 2. The Morgan fingerprint density at radius 1 is 1.33 bits per heavy atom. The number of hydrogen-bond donors (Lipinski definition) is 0. The predicted molar refractivity (Wildman–Crippen MR) is 115 cm³/mol. The lowest BCUT2D eigenvalue weighted by Gasteiger charge is -2.30. The van der Waals surface area contributed by atoms with E-state index in [0.717, 1.165) is 16.5 Å². The van der Waals surface area contributed by atoms with Crippen LogP contribution in [-0.4, -0.2) is 51.6 Å². The summed E-state index contributed by atoms with van der Waals surface area (Å²) in [5.41, 5.74) is 2.24. The van der Waals surface area contributed by atoms with Crippen molar-refractivity contribution in [3.63, 3.8) is 0 Å². The molecule has 0 bridgehead atoms. The molecule has 8 heteroatoms. The van der Waals surface area contributed by atoms with Crippen LogP contribution in [0.15, 0.2) is 29.7 Å². The summed E-state index contributed by atoms with van der Waals surface area (Å²) in [4.78, 5) is 14.7. The van der Waals surface area contributed by atoms with Crippen molar-refractivity contribution in [3.8, 4) is 5.75 Å². The Kier molecular flexibility index (Phi) is 6.94. The second-order valence-electron chi connectivity index (χ2n) is 8.10. The second kappa shape index (κ2) is 9.83. The van der Waals surface area contributed by atoms with E-state index in [1.807, 2.05) is 22.6 Å². The number of carbonyl (C=O) groups is 1. The van der Waals surface area contributed by atoms with Crippen LogP contribution < -0.4 is 4.74 Å². The number of hydrogen-bond acceptors (Lipinski definition) is 6. The number of thioether (sulfide) groups is 1. The molecule has 1 aliphatic carbocycles. The fourth-order valence-electron chi connectivity index (χ4n) is 4.46. The second-order valence-corrected chi connectivity index (χ2v) is 9.04. The Balaban J connectivity index is 1.46. The number of benzene rings is 1. The van der Waals surface area contributed by atoms with Crippen molar-refractivity contribution in [1.82, 2.24) is 19.7 Å².